The van der Waals surface area contributed by atoms with Crippen molar-refractivity contribution in [3.05, 3.63) is 77.0 Å². The zero-order valence-electron chi connectivity index (χ0n) is 15.1. The molecule has 4 aromatic rings. The Kier molecular flexibility index (Phi) is 3.62. The second-order valence-electron chi connectivity index (χ2n) is 6.82. The zero-order valence-corrected chi connectivity index (χ0v) is 15.1. The van der Waals surface area contributed by atoms with E-state index in [1.807, 2.05) is 46.8 Å². The van der Waals surface area contributed by atoms with Crippen molar-refractivity contribution in [2.24, 2.45) is 0 Å². The Morgan fingerprint density at radius 2 is 2.21 bits per heavy atom. The molecule has 0 radical (unpaired) electrons. The minimum atomic E-state index is -0.766. The number of aryl methyl sites for hydroxylation is 1. The summed E-state index contributed by atoms with van der Waals surface area (Å²) >= 11 is 0. The molecule has 0 bridgehead atoms. The number of aromatic nitrogens is 5. The molecule has 8 heteroatoms. The second-order valence-corrected chi connectivity index (χ2v) is 6.82. The number of rotatable bonds is 2. The summed E-state index contributed by atoms with van der Waals surface area (Å²) in [4.78, 5) is 13.7. The van der Waals surface area contributed by atoms with Crippen LogP contribution in [-0.2, 0) is 6.42 Å². The lowest BCUT2D eigenvalue weighted by molar-refractivity contribution is 0.562. The van der Waals surface area contributed by atoms with Gasteiger partial charge in [-0.1, -0.05) is 6.07 Å². The average Bonchev–Trinajstić information content (AvgIpc) is 3.34. The van der Waals surface area contributed by atoms with Gasteiger partial charge in [0.2, 0.25) is 5.95 Å². The van der Waals surface area contributed by atoms with Crippen molar-refractivity contribution >= 4 is 11.3 Å². The number of halogens is 1. The van der Waals surface area contributed by atoms with Gasteiger partial charge >= 0.3 is 0 Å². The number of aromatic amines is 1. The summed E-state index contributed by atoms with van der Waals surface area (Å²) in [5.74, 6) is -0.304. The number of nitrogens with one attached hydrogen (secondary N) is 1. The molecule has 0 saturated carbocycles. The fraction of sp³-hybridized carbons (Fsp3) is 0.200. The molecule has 0 fully saturated rings. The Morgan fingerprint density at radius 1 is 1.32 bits per heavy atom. The van der Waals surface area contributed by atoms with Crippen molar-refractivity contribution < 1.29 is 4.39 Å². The molecular formula is C20H16FN7. The number of imidazole rings is 1. The molecule has 1 N–H and O–H groups in total. The summed E-state index contributed by atoms with van der Waals surface area (Å²) in [6.07, 6.45) is 4.32. The van der Waals surface area contributed by atoms with Crippen molar-refractivity contribution in [1.82, 2.24) is 24.6 Å². The number of nitrogens with zero attached hydrogens (tertiary/aromatic N) is 6. The Labute approximate surface area is 160 Å². The zero-order chi connectivity index (χ0) is 19.3. The van der Waals surface area contributed by atoms with Crippen LogP contribution in [0, 0.1) is 24.2 Å². The van der Waals surface area contributed by atoms with Crippen LogP contribution in [0.15, 0.2) is 42.9 Å². The fourth-order valence-electron chi connectivity index (χ4n) is 3.80. The highest BCUT2D eigenvalue weighted by Crippen LogP contribution is 2.36. The first-order valence-electron chi connectivity index (χ1n) is 8.96. The van der Waals surface area contributed by atoms with Gasteiger partial charge in [0.1, 0.15) is 23.5 Å². The van der Waals surface area contributed by atoms with Crippen LogP contribution in [-0.4, -0.2) is 31.1 Å². The van der Waals surface area contributed by atoms with E-state index >= 15 is 0 Å². The van der Waals surface area contributed by atoms with E-state index in [0.29, 0.717) is 12.4 Å². The minimum absolute atomic E-state index is 0.0684. The maximum Gasteiger partial charge on any atom is 0.232 e. The number of hydrogen-bond acceptors (Lipinski definition) is 5. The first kappa shape index (κ1) is 16.4. The van der Waals surface area contributed by atoms with Crippen LogP contribution in [0.1, 0.15) is 34.3 Å². The third-order valence-electron chi connectivity index (χ3n) is 5.19. The first-order valence-corrected chi connectivity index (χ1v) is 8.96. The van der Waals surface area contributed by atoms with Crippen LogP contribution in [0.4, 0.5) is 10.2 Å². The van der Waals surface area contributed by atoms with Crippen LogP contribution in [0.3, 0.4) is 0 Å². The molecule has 0 aliphatic carbocycles. The molecular weight excluding hydrogens is 357 g/mol. The summed E-state index contributed by atoms with van der Waals surface area (Å²) < 4.78 is 16.0. The molecule has 0 saturated heterocycles. The van der Waals surface area contributed by atoms with Crippen LogP contribution in [0.25, 0.3) is 5.52 Å². The molecule has 0 unspecified atom stereocenters. The van der Waals surface area contributed by atoms with E-state index in [-0.39, 0.29) is 11.6 Å². The maximum atomic E-state index is 14.2. The molecule has 28 heavy (non-hydrogen) atoms. The predicted molar refractivity (Wildman–Crippen MR) is 100 cm³/mol. The summed E-state index contributed by atoms with van der Waals surface area (Å²) in [5.41, 5.74) is 4.78. The number of anilines is 1. The fourth-order valence-corrected chi connectivity index (χ4v) is 3.80. The standard InChI is InChI=1S/C20H16FN7/c1-12-3-2-7-28-16(12)9-15(26-28)19-18-14(23-11-24-18)6-8-27(19)17-5-4-13(10-22)20(21)25-17/h2-5,7,9,11,19H,6,8H2,1H3,(H,23,24)/t19-/m1/s1. The molecule has 1 aliphatic rings. The van der Waals surface area contributed by atoms with Gasteiger partial charge in [0.05, 0.1) is 23.2 Å². The lowest BCUT2D eigenvalue weighted by Crippen LogP contribution is -2.37. The predicted octanol–water partition coefficient (Wildman–Crippen LogP) is 2.92. The average molecular weight is 373 g/mol. The number of pyridine rings is 2. The van der Waals surface area contributed by atoms with Crippen LogP contribution < -0.4 is 4.90 Å². The van der Waals surface area contributed by atoms with E-state index in [4.69, 9.17) is 10.4 Å². The van der Waals surface area contributed by atoms with E-state index in [1.165, 1.54) is 6.07 Å². The minimum Gasteiger partial charge on any atom is -0.348 e. The summed E-state index contributed by atoms with van der Waals surface area (Å²) in [7, 11) is 0. The van der Waals surface area contributed by atoms with Gasteiger partial charge in [-0.05, 0) is 36.8 Å². The molecule has 0 spiro atoms. The van der Waals surface area contributed by atoms with Crippen molar-refractivity contribution in [2.75, 3.05) is 11.4 Å². The van der Waals surface area contributed by atoms with Gasteiger partial charge in [-0.3, -0.25) is 0 Å². The number of nitriles is 1. The Balaban J connectivity index is 1.67. The van der Waals surface area contributed by atoms with E-state index in [9.17, 15) is 4.39 Å². The third kappa shape index (κ3) is 2.44. The topological polar surface area (TPSA) is 85.9 Å². The summed E-state index contributed by atoms with van der Waals surface area (Å²) in [6, 6.07) is 10.7. The molecule has 138 valence electrons. The van der Waals surface area contributed by atoms with Crippen LogP contribution in [0.2, 0.25) is 0 Å². The van der Waals surface area contributed by atoms with Crippen molar-refractivity contribution in [2.45, 2.75) is 19.4 Å². The van der Waals surface area contributed by atoms with Crippen molar-refractivity contribution in [3.8, 4) is 6.07 Å². The van der Waals surface area contributed by atoms with Gasteiger partial charge in [0.15, 0.2) is 0 Å². The molecule has 5 heterocycles. The lowest BCUT2D eigenvalue weighted by atomic mass is 9.99. The highest BCUT2D eigenvalue weighted by molar-refractivity contribution is 5.58. The van der Waals surface area contributed by atoms with Gasteiger partial charge in [-0.25, -0.2) is 14.5 Å². The van der Waals surface area contributed by atoms with Gasteiger partial charge in [-0.15, -0.1) is 0 Å². The molecule has 1 atom stereocenters. The number of fused-ring (bicyclic) bond motifs is 2. The number of H-pyrrole nitrogens is 1. The molecule has 5 rings (SSSR count). The largest absolute Gasteiger partial charge is 0.348 e. The molecule has 4 aromatic heterocycles. The quantitative estimate of drug-likeness (QED) is 0.546. The van der Waals surface area contributed by atoms with E-state index in [1.54, 1.807) is 12.4 Å². The van der Waals surface area contributed by atoms with Gasteiger partial charge in [-0.2, -0.15) is 14.8 Å². The van der Waals surface area contributed by atoms with E-state index in [0.717, 1.165) is 34.6 Å². The first-order chi connectivity index (χ1) is 13.7. The Hall–Kier alpha value is -3.73. The van der Waals surface area contributed by atoms with E-state index < -0.39 is 5.95 Å². The van der Waals surface area contributed by atoms with Crippen molar-refractivity contribution in [1.29, 1.82) is 5.26 Å². The second kappa shape index (κ2) is 6.16. The molecule has 7 nitrogen and oxygen atoms in total. The Bertz CT molecular complexity index is 1230. The molecule has 1 aliphatic heterocycles. The summed E-state index contributed by atoms with van der Waals surface area (Å²) in [6.45, 7) is 2.67. The summed E-state index contributed by atoms with van der Waals surface area (Å²) in [5, 5.41) is 13.7. The van der Waals surface area contributed by atoms with E-state index in [2.05, 4.69) is 15.0 Å². The van der Waals surface area contributed by atoms with Gasteiger partial charge < -0.3 is 9.88 Å². The smallest absolute Gasteiger partial charge is 0.232 e. The van der Waals surface area contributed by atoms with Crippen molar-refractivity contribution in [3.63, 3.8) is 0 Å². The highest BCUT2D eigenvalue weighted by Gasteiger charge is 2.34. The third-order valence-corrected chi connectivity index (χ3v) is 5.19. The normalized spacial score (nSPS) is 16.2. The SMILES string of the molecule is Cc1cccn2nc([C@@H]3c4nc[nH]c4CCN3c3ccc(C#N)c(F)n3)cc12. The highest BCUT2D eigenvalue weighted by atomic mass is 19.1. The lowest BCUT2D eigenvalue weighted by Gasteiger charge is -2.34. The van der Waals surface area contributed by atoms with Crippen LogP contribution >= 0.6 is 0 Å². The monoisotopic (exact) mass is 373 g/mol. The van der Waals surface area contributed by atoms with Gasteiger partial charge in [0, 0.05) is 24.9 Å². The maximum absolute atomic E-state index is 14.2. The number of hydrogen-bond donors (Lipinski definition) is 1. The Morgan fingerprint density at radius 3 is 3.00 bits per heavy atom. The molecule has 0 aromatic carbocycles. The van der Waals surface area contributed by atoms with Crippen LogP contribution in [0.5, 0.6) is 0 Å². The van der Waals surface area contributed by atoms with Gasteiger partial charge in [0.25, 0.3) is 0 Å². The molecule has 0 amide bonds.